The number of hydrogen-bond donors (Lipinski definition) is 1. The van der Waals surface area contributed by atoms with Crippen LogP contribution < -0.4 is 4.90 Å². The largest absolute Gasteiger partial charge is 0.469 e. The molecular weight excluding hydrogens is 384 g/mol. The smallest absolute Gasteiger partial charge is 0.421 e. The molecule has 1 N–H and O–H groups in total. The van der Waals surface area contributed by atoms with E-state index < -0.39 is 58.4 Å². The Morgan fingerprint density at radius 2 is 1.93 bits per heavy atom. The molecule has 1 spiro atoms. The summed E-state index contributed by atoms with van der Waals surface area (Å²) in [5.41, 5.74) is -2.66. The van der Waals surface area contributed by atoms with Crippen LogP contribution in [0.3, 0.4) is 0 Å². The van der Waals surface area contributed by atoms with Crippen LogP contribution in [0.15, 0.2) is 24.3 Å². The topological polar surface area (TPSA) is 136 Å². The van der Waals surface area contributed by atoms with E-state index in [1.165, 1.54) is 12.1 Å². The number of rotatable bonds is 2. The standard InChI is InChI=1S/C19H22N2O8/c1-18(2,3)29-17(25)20-11-8-6-5-7-10(11)19(16(20)24)13(22)9-12(21(26)27)14(19)15(23)28-4/h5-8,12-14,22H,9H2,1-4H3. The molecule has 4 atom stereocenters. The maximum atomic E-state index is 13.6. The summed E-state index contributed by atoms with van der Waals surface area (Å²) in [6, 6.07) is 4.52. The summed E-state index contributed by atoms with van der Waals surface area (Å²) in [7, 11) is 1.05. The number of carbonyl (C=O) groups is 3. The van der Waals surface area contributed by atoms with Gasteiger partial charge in [0.15, 0.2) is 0 Å². The van der Waals surface area contributed by atoms with Gasteiger partial charge in [0.1, 0.15) is 16.9 Å². The number of ether oxygens (including phenoxy) is 2. The van der Waals surface area contributed by atoms with Crippen molar-refractivity contribution in [3.63, 3.8) is 0 Å². The Morgan fingerprint density at radius 3 is 2.48 bits per heavy atom. The van der Waals surface area contributed by atoms with Crippen molar-refractivity contribution in [2.45, 2.75) is 50.4 Å². The number of hydrogen-bond acceptors (Lipinski definition) is 8. The molecule has 0 bridgehead atoms. The van der Waals surface area contributed by atoms with E-state index in [0.717, 1.165) is 12.0 Å². The van der Waals surface area contributed by atoms with E-state index in [1.54, 1.807) is 32.9 Å². The fraction of sp³-hybridized carbons (Fsp3) is 0.526. The summed E-state index contributed by atoms with van der Waals surface area (Å²) in [5, 5.41) is 22.5. The number of fused-ring (bicyclic) bond motifs is 2. The first kappa shape index (κ1) is 20.7. The first-order valence-corrected chi connectivity index (χ1v) is 9.03. The van der Waals surface area contributed by atoms with E-state index in [1.807, 2.05) is 0 Å². The normalized spacial score (nSPS) is 28.4. The molecule has 156 valence electrons. The van der Waals surface area contributed by atoms with Crippen molar-refractivity contribution in [2.24, 2.45) is 5.92 Å². The van der Waals surface area contributed by atoms with Crippen LogP contribution in [-0.2, 0) is 24.5 Å². The molecule has 1 aliphatic carbocycles. The predicted octanol–water partition coefficient (Wildman–Crippen LogP) is 1.41. The average Bonchev–Trinajstić information content (AvgIpc) is 3.07. The number of imide groups is 1. The molecule has 1 aromatic rings. The van der Waals surface area contributed by atoms with Gasteiger partial charge < -0.3 is 14.6 Å². The molecule has 1 fully saturated rings. The minimum atomic E-state index is -2.02. The Hall–Kier alpha value is -3.01. The summed E-state index contributed by atoms with van der Waals surface area (Å²) in [4.78, 5) is 50.6. The number of carbonyl (C=O) groups excluding carboxylic acids is 3. The van der Waals surface area contributed by atoms with E-state index in [4.69, 9.17) is 9.47 Å². The molecule has 2 aliphatic rings. The van der Waals surface area contributed by atoms with Gasteiger partial charge in [-0.3, -0.25) is 19.7 Å². The van der Waals surface area contributed by atoms with Crippen LogP contribution in [0, 0.1) is 16.0 Å². The van der Waals surface area contributed by atoms with Crippen molar-refractivity contribution in [1.29, 1.82) is 0 Å². The second-order valence-corrected chi connectivity index (χ2v) is 8.11. The molecule has 4 unspecified atom stereocenters. The van der Waals surface area contributed by atoms with Crippen LogP contribution >= 0.6 is 0 Å². The lowest BCUT2D eigenvalue weighted by atomic mass is 9.71. The molecule has 1 heterocycles. The number of methoxy groups -OCH3 is 1. The number of nitrogens with zero attached hydrogens (tertiary/aromatic N) is 2. The average molecular weight is 406 g/mol. The monoisotopic (exact) mass is 406 g/mol. The van der Waals surface area contributed by atoms with Gasteiger partial charge in [-0.15, -0.1) is 0 Å². The Kier molecular flexibility index (Phi) is 4.86. The Morgan fingerprint density at radius 1 is 1.31 bits per heavy atom. The van der Waals surface area contributed by atoms with Crippen molar-refractivity contribution in [3.05, 3.63) is 39.9 Å². The first-order chi connectivity index (χ1) is 13.5. The lowest BCUT2D eigenvalue weighted by Gasteiger charge is -2.31. The molecule has 1 saturated carbocycles. The highest BCUT2D eigenvalue weighted by Crippen LogP contribution is 2.55. The fourth-order valence-corrected chi connectivity index (χ4v) is 4.28. The van der Waals surface area contributed by atoms with Crippen molar-refractivity contribution in [1.82, 2.24) is 0 Å². The second-order valence-electron chi connectivity index (χ2n) is 8.11. The van der Waals surface area contributed by atoms with E-state index in [0.29, 0.717) is 0 Å². The van der Waals surface area contributed by atoms with Crippen molar-refractivity contribution in [3.8, 4) is 0 Å². The van der Waals surface area contributed by atoms with Crippen molar-refractivity contribution >= 4 is 23.7 Å². The summed E-state index contributed by atoms with van der Waals surface area (Å²) in [6.07, 6.45) is -3.00. The maximum absolute atomic E-state index is 13.6. The van der Waals surface area contributed by atoms with Gasteiger partial charge in [-0.1, -0.05) is 18.2 Å². The van der Waals surface area contributed by atoms with Crippen molar-refractivity contribution in [2.75, 3.05) is 12.0 Å². The van der Waals surface area contributed by atoms with Gasteiger partial charge >= 0.3 is 12.1 Å². The summed E-state index contributed by atoms with van der Waals surface area (Å²) in [6.45, 7) is 4.87. The fourth-order valence-electron chi connectivity index (χ4n) is 4.28. The number of para-hydroxylation sites is 1. The van der Waals surface area contributed by atoms with Gasteiger partial charge in [0, 0.05) is 11.3 Å². The van der Waals surface area contributed by atoms with Gasteiger partial charge in [0.2, 0.25) is 6.04 Å². The highest BCUT2D eigenvalue weighted by Gasteiger charge is 2.72. The van der Waals surface area contributed by atoms with Gasteiger partial charge in [-0.25, -0.2) is 9.69 Å². The number of aliphatic hydroxyl groups is 1. The SMILES string of the molecule is COC(=O)C1C([N+](=O)[O-])CC(O)C12C(=O)N(C(=O)OC(C)(C)C)c1ccccc12. The minimum absolute atomic E-state index is 0.115. The zero-order chi connectivity index (χ0) is 21.7. The lowest BCUT2D eigenvalue weighted by Crippen LogP contribution is -2.55. The molecule has 29 heavy (non-hydrogen) atoms. The van der Waals surface area contributed by atoms with Gasteiger partial charge in [0.05, 0.1) is 18.9 Å². The molecule has 0 aromatic heterocycles. The Bertz CT molecular complexity index is 892. The van der Waals surface area contributed by atoms with E-state index in [2.05, 4.69) is 0 Å². The number of anilines is 1. The number of benzene rings is 1. The highest BCUT2D eigenvalue weighted by molar-refractivity contribution is 6.22. The van der Waals surface area contributed by atoms with Crippen LogP contribution in [0.2, 0.25) is 0 Å². The van der Waals surface area contributed by atoms with Gasteiger partial charge in [-0.2, -0.15) is 0 Å². The number of amides is 2. The van der Waals surface area contributed by atoms with Crippen LogP contribution in [-0.4, -0.2) is 52.9 Å². The summed E-state index contributed by atoms with van der Waals surface area (Å²) < 4.78 is 10.1. The Balaban J connectivity index is 2.23. The first-order valence-electron chi connectivity index (χ1n) is 9.03. The number of nitro groups is 1. The van der Waals surface area contributed by atoms with Crippen LogP contribution in [0.5, 0.6) is 0 Å². The molecule has 2 amide bonds. The molecule has 10 heteroatoms. The Labute approximate surface area is 166 Å². The molecule has 10 nitrogen and oxygen atoms in total. The third-order valence-corrected chi connectivity index (χ3v) is 5.32. The second kappa shape index (κ2) is 6.80. The molecule has 0 radical (unpaired) electrons. The number of aliphatic hydroxyl groups excluding tert-OH is 1. The third kappa shape index (κ3) is 2.94. The minimum Gasteiger partial charge on any atom is -0.469 e. The number of esters is 1. The molecular formula is C19H22N2O8. The lowest BCUT2D eigenvalue weighted by molar-refractivity contribution is -0.527. The van der Waals surface area contributed by atoms with Crippen LogP contribution in [0.4, 0.5) is 10.5 Å². The van der Waals surface area contributed by atoms with E-state index in [9.17, 15) is 29.6 Å². The van der Waals surface area contributed by atoms with Crippen LogP contribution in [0.25, 0.3) is 0 Å². The van der Waals surface area contributed by atoms with Gasteiger partial charge in [0.25, 0.3) is 5.91 Å². The molecule has 1 aliphatic heterocycles. The molecule has 0 saturated heterocycles. The summed E-state index contributed by atoms with van der Waals surface area (Å²) >= 11 is 0. The quantitative estimate of drug-likeness (QED) is 0.442. The van der Waals surface area contributed by atoms with Crippen molar-refractivity contribution < 1.29 is 33.9 Å². The summed E-state index contributed by atoms with van der Waals surface area (Å²) in [5.74, 6) is -3.55. The zero-order valence-electron chi connectivity index (χ0n) is 16.4. The third-order valence-electron chi connectivity index (χ3n) is 5.32. The van der Waals surface area contributed by atoms with Crippen LogP contribution in [0.1, 0.15) is 32.8 Å². The highest BCUT2D eigenvalue weighted by atomic mass is 16.6. The zero-order valence-corrected chi connectivity index (χ0v) is 16.4. The predicted molar refractivity (Wildman–Crippen MR) is 98.8 cm³/mol. The van der Waals surface area contributed by atoms with Gasteiger partial charge in [-0.05, 0) is 32.4 Å². The molecule has 1 aromatic carbocycles. The van der Waals surface area contributed by atoms with E-state index in [-0.39, 0.29) is 11.3 Å². The maximum Gasteiger partial charge on any atom is 0.421 e. The van der Waals surface area contributed by atoms with E-state index >= 15 is 0 Å². The molecule has 3 rings (SSSR count).